The maximum absolute atomic E-state index is 13.6. The number of benzene rings is 1. The van der Waals surface area contributed by atoms with Gasteiger partial charge >= 0.3 is 5.91 Å². The summed E-state index contributed by atoms with van der Waals surface area (Å²) in [6.45, 7) is 4.87. The number of likely N-dealkylation sites (N-methyl/N-ethyl adjacent to an activating group) is 1. The molecule has 1 atom stereocenters. The maximum atomic E-state index is 13.6. The van der Waals surface area contributed by atoms with E-state index < -0.39 is 11.4 Å². The SMILES string of the molecule is CC(=O)[N+]1(C)c2cc(Br)c(F)cc2C(=O)C1(C)C. The molecule has 1 aliphatic rings. The molecule has 2 rings (SSSR count). The van der Waals surface area contributed by atoms with Gasteiger partial charge in [0, 0.05) is 6.07 Å². The Bertz CT molecular complexity index is 583. The molecule has 96 valence electrons. The summed E-state index contributed by atoms with van der Waals surface area (Å²) in [4.78, 5) is 24.4. The third-order valence-corrected chi connectivity index (χ3v) is 4.68. The first-order valence-corrected chi connectivity index (χ1v) is 6.35. The van der Waals surface area contributed by atoms with E-state index in [4.69, 9.17) is 0 Å². The van der Waals surface area contributed by atoms with Crippen LogP contribution >= 0.6 is 15.9 Å². The van der Waals surface area contributed by atoms with E-state index in [9.17, 15) is 14.0 Å². The number of nitrogens with zero attached hydrogens (tertiary/aromatic N) is 1. The standard InChI is InChI=1S/C13H14BrFNO2/c1-7(17)16(4)11-6-9(14)10(15)5-8(11)12(18)13(16,2)3/h5-6H,1-4H3/q+1. The number of amides is 1. The van der Waals surface area contributed by atoms with E-state index in [1.165, 1.54) is 19.1 Å². The van der Waals surface area contributed by atoms with Crippen LogP contribution in [0.1, 0.15) is 31.1 Å². The van der Waals surface area contributed by atoms with Crippen LogP contribution in [0.25, 0.3) is 0 Å². The van der Waals surface area contributed by atoms with Crippen LogP contribution in [0.3, 0.4) is 0 Å². The molecule has 0 radical (unpaired) electrons. The van der Waals surface area contributed by atoms with E-state index in [-0.39, 0.29) is 20.6 Å². The van der Waals surface area contributed by atoms with Gasteiger partial charge in [0.1, 0.15) is 5.82 Å². The van der Waals surface area contributed by atoms with Gasteiger partial charge in [-0.2, -0.15) is 0 Å². The Balaban J connectivity index is 2.85. The summed E-state index contributed by atoms with van der Waals surface area (Å²) < 4.78 is 13.7. The van der Waals surface area contributed by atoms with Gasteiger partial charge in [-0.25, -0.2) is 13.7 Å². The van der Waals surface area contributed by atoms with Crippen molar-refractivity contribution >= 4 is 33.3 Å². The number of fused-ring (bicyclic) bond motifs is 1. The molecule has 1 heterocycles. The van der Waals surface area contributed by atoms with Crippen molar-refractivity contribution in [2.24, 2.45) is 0 Å². The molecule has 0 saturated heterocycles. The number of carbonyl (C=O) groups excluding carboxylic acids is 2. The summed E-state index contributed by atoms with van der Waals surface area (Å²) in [5.41, 5.74) is -0.0781. The van der Waals surface area contributed by atoms with E-state index in [1.54, 1.807) is 20.9 Å². The van der Waals surface area contributed by atoms with E-state index in [0.717, 1.165) is 0 Å². The highest BCUT2D eigenvalue weighted by atomic mass is 79.9. The first-order valence-electron chi connectivity index (χ1n) is 5.56. The van der Waals surface area contributed by atoms with Crippen molar-refractivity contribution in [1.82, 2.24) is 4.48 Å². The zero-order valence-electron chi connectivity index (χ0n) is 10.7. The Kier molecular flexibility index (Phi) is 2.76. The second-order valence-corrected chi connectivity index (χ2v) is 6.05. The number of carbonyl (C=O) groups is 2. The summed E-state index contributed by atoms with van der Waals surface area (Å²) >= 11 is 3.10. The van der Waals surface area contributed by atoms with E-state index in [2.05, 4.69) is 15.9 Å². The highest BCUT2D eigenvalue weighted by molar-refractivity contribution is 9.10. The summed E-state index contributed by atoms with van der Waals surface area (Å²) in [5, 5.41) is 0. The summed E-state index contributed by atoms with van der Waals surface area (Å²) in [6.07, 6.45) is 0. The molecule has 5 heteroatoms. The lowest BCUT2D eigenvalue weighted by Crippen LogP contribution is -2.62. The molecule has 0 spiro atoms. The van der Waals surface area contributed by atoms with Gasteiger partial charge in [0.05, 0.1) is 24.0 Å². The molecule has 1 aromatic rings. The predicted octanol–water partition coefficient (Wildman–Crippen LogP) is 3.05. The number of halogens is 2. The third kappa shape index (κ3) is 1.37. The van der Waals surface area contributed by atoms with Gasteiger partial charge in [0.2, 0.25) is 5.78 Å². The second kappa shape index (κ2) is 3.71. The number of hydrogen-bond donors (Lipinski definition) is 0. The fraction of sp³-hybridized carbons (Fsp3) is 0.385. The maximum Gasteiger partial charge on any atom is 0.316 e. The minimum atomic E-state index is -0.915. The van der Waals surface area contributed by atoms with Crippen molar-refractivity contribution in [2.75, 3.05) is 7.05 Å². The molecule has 0 N–H and O–H groups in total. The van der Waals surface area contributed by atoms with Crippen molar-refractivity contribution in [3.8, 4) is 0 Å². The molecule has 1 aromatic carbocycles. The van der Waals surface area contributed by atoms with Crippen LogP contribution < -0.4 is 4.48 Å². The number of ketones is 1. The lowest BCUT2D eigenvalue weighted by molar-refractivity contribution is -0.129. The lowest BCUT2D eigenvalue weighted by atomic mass is 9.96. The summed E-state index contributed by atoms with van der Waals surface area (Å²) in [7, 11) is 1.69. The normalized spacial score (nSPS) is 25.1. The number of rotatable bonds is 0. The van der Waals surface area contributed by atoms with Crippen LogP contribution in [0.15, 0.2) is 16.6 Å². The molecule has 0 saturated carbocycles. The van der Waals surface area contributed by atoms with Crippen molar-refractivity contribution in [3.05, 3.63) is 28.0 Å². The molecule has 0 fully saturated rings. The van der Waals surface area contributed by atoms with Crippen LogP contribution in [-0.4, -0.2) is 24.3 Å². The van der Waals surface area contributed by atoms with Gasteiger partial charge in [-0.15, -0.1) is 0 Å². The molecule has 0 bridgehead atoms. The van der Waals surface area contributed by atoms with E-state index >= 15 is 0 Å². The van der Waals surface area contributed by atoms with Crippen molar-refractivity contribution in [1.29, 1.82) is 0 Å². The van der Waals surface area contributed by atoms with Gasteiger partial charge in [-0.1, -0.05) is 0 Å². The van der Waals surface area contributed by atoms with Crippen molar-refractivity contribution in [2.45, 2.75) is 26.3 Å². The molecular formula is C13H14BrFNO2+. The largest absolute Gasteiger partial charge is 0.316 e. The fourth-order valence-corrected chi connectivity index (χ4v) is 2.82. The van der Waals surface area contributed by atoms with Gasteiger partial charge in [0.15, 0.2) is 11.2 Å². The zero-order chi connectivity index (χ0) is 13.9. The Morgan fingerprint density at radius 1 is 1.39 bits per heavy atom. The number of Topliss-reactive ketones (excluding diaryl/α,β-unsaturated/α-hetero) is 1. The van der Waals surface area contributed by atoms with Crippen molar-refractivity contribution in [3.63, 3.8) is 0 Å². The Hall–Kier alpha value is -1.07. The van der Waals surface area contributed by atoms with Crippen molar-refractivity contribution < 1.29 is 14.0 Å². The molecule has 0 aromatic heterocycles. The molecule has 3 nitrogen and oxygen atoms in total. The first kappa shape index (κ1) is 13.4. The van der Waals surface area contributed by atoms with Crippen LogP contribution in [0.4, 0.5) is 10.1 Å². The number of hydrogen-bond acceptors (Lipinski definition) is 2. The van der Waals surface area contributed by atoms with E-state index in [1.807, 2.05) is 0 Å². The van der Waals surface area contributed by atoms with Gasteiger partial charge in [0.25, 0.3) is 0 Å². The smallest absolute Gasteiger partial charge is 0.287 e. The topological polar surface area (TPSA) is 34.1 Å². The van der Waals surface area contributed by atoms with Gasteiger partial charge < -0.3 is 0 Å². The summed E-state index contributed by atoms with van der Waals surface area (Å²) in [5.74, 6) is -0.845. The monoisotopic (exact) mass is 314 g/mol. The molecule has 1 amide bonds. The third-order valence-electron chi connectivity index (χ3n) is 4.07. The highest BCUT2D eigenvalue weighted by Gasteiger charge is 2.59. The van der Waals surface area contributed by atoms with Gasteiger partial charge in [-0.05, 0) is 35.8 Å². The van der Waals surface area contributed by atoms with E-state index in [0.29, 0.717) is 11.3 Å². The number of quaternary nitrogens is 1. The molecule has 1 unspecified atom stereocenters. The zero-order valence-corrected chi connectivity index (χ0v) is 12.3. The Labute approximate surface area is 113 Å². The average molecular weight is 315 g/mol. The molecule has 0 aliphatic carbocycles. The predicted molar refractivity (Wildman–Crippen MR) is 70.9 cm³/mol. The van der Waals surface area contributed by atoms with Crippen LogP contribution in [0.5, 0.6) is 0 Å². The van der Waals surface area contributed by atoms with Crippen LogP contribution in [-0.2, 0) is 4.79 Å². The van der Waals surface area contributed by atoms with Crippen LogP contribution in [0.2, 0.25) is 0 Å². The Morgan fingerprint density at radius 2 is 1.94 bits per heavy atom. The molecule has 1 aliphatic heterocycles. The summed E-state index contributed by atoms with van der Waals surface area (Å²) in [6, 6.07) is 2.73. The minimum Gasteiger partial charge on any atom is -0.287 e. The van der Waals surface area contributed by atoms with Crippen LogP contribution in [0, 0.1) is 5.82 Å². The minimum absolute atomic E-state index is 0.139. The van der Waals surface area contributed by atoms with Gasteiger partial charge in [-0.3, -0.25) is 4.79 Å². The molecule has 18 heavy (non-hydrogen) atoms. The molecular weight excluding hydrogens is 301 g/mol. The second-order valence-electron chi connectivity index (χ2n) is 5.20. The first-order chi connectivity index (χ1) is 8.14. The quantitative estimate of drug-likeness (QED) is 0.690. The Morgan fingerprint density at radius 3 is 2.44 bits per heavy atom. The fourth-order valence-electron chi connectivity index (χ4n) is 2.49. The highest BCUT2D eigenvalue weighted by Crippen LogP contribution is 2.45. The lowest BCUT2D eigenvalue weighted by Gasteiger charge is -2.37. The average Bonchev–Trinajstić information content (AvgIpc) is 2.41.